The van der Waals surface area contributed by atoms with Crippen LogP contribution in [0.3, 0.4) is 0 Å². The zero-order chi connectivity index (χ0) is 19.6. The van der Waals surface area contributed by atoms with Crippen LogP contribution in [-0.2, 0) is 16.1 Å². The van der Waals surface area contributed by atoms with Gasteiger partial charge in [-0.25, -0.2) is 4.98 Å². The third-order valence-corrected chi connectivity index (χ3v) is 8.62. The van der Waals surface area contributed by atoms with E-state index >= 15 is 0 Å². The molecule has 0 bridgehead atoms. The van der Waals surface area contributed by atoms with Crippen LogP contribution in [0.2, 0.25) is 0 Å². The third-order valence-electron chi connectivity index (χ3n) is 5.80. The molecule has 1 amide bonds. The molecule has 3 aliphatic heterocycles. The minimum absolute atomic E-state index is 0. The smallest absolute Gasteiger partial charge is 0.543 e. The summed E-state index contributed by atoms with van der Waals surface area (Å²) in [6.07, 6.45) is -0.794. The number of thioether (sulfide) groups is 2. The van der Waals surface area contributed by atoms with Crippen molar-refractivity contribution in [2.75, 3.05) is 5.75 Å². The summed E-state index contributed by atoms with van der Waals surface area (Å²) in [7, 11) is 0. The SMILES string of the molecule is Cc1nc2n(c1C)CC(SC1=C(C(=O)[O-])N3C(=O)[C@H]([C@@H](C)O)[C@H]3[C@H]1C)CS2.[Na+]. The number of carbonyl (C=O) groups is 2. The van der Waals surface area contributed by atoms with Gasteiger partial charge in [-0.2, -0.15) is 0 Å². The van der Waals surface area contributed by atoms with Gasteiger partial charge in [-0.05, 0) is 20.8 Å². The fourth-order valence-electron chi connectivity index (χ4n) is 4.29. The Hall–Kier alpha value is -0.450. The minimum Gasteiger partial charge on any atom is -0.543 e. The molecule has 1 aromatic heterocycles. The van der Waals surface area contributed by atoms with E-state index in [9.17, 15) is 19.8 Å². The van der Waals surface area contributed by atoms with E-state index in [0.717, 1.165) is 28.8 Å². The summed E-state index contributed by atoms with van der Waals surface area (Å²) in [6, 6.07) is -0.295. The van der Waals surface area contributed by atoms with Crippen molar-refractivity contribution >= 4 is 35.4 Å². The number of carboxylic acid groups (broad SMARTS) is 1. The quantitative estimate of drug-likeness (QED) is 0.417. The van der Waals surface area contributed by atoms with E-state index in [1.165, 1.54) is 16.7 Å². The Morgan fingerprint density at radius 2 is 2.11 bits per heavy atom. The molecule has 0 spiro atoms. The molecule has 1 unspecified atom stereocenters. The summed E-state index contributed by atoms with van der Waals surface area (Å²) in [5, 5.41) is 22.9. The number of hydrogen-bond donors (Lipinski definition) is 1. The predicted molar refractivity (Wildman–Crippen MR) is 101 cm³/mol. The maximum absolute atomic E-state index is 12.4. The van der Waals surface area contributed by atoms with Crippen LogP contribution in [0.1, 0.15) is 25.2 Å². The molecule has 1 fully saturated rings. The van der Waals surface area contributed by atoms with Crippen LogP contribution in [0.5, 0.6) is 0 Å². The van der Waals surface area contributed by atoms with Crippen LogP contribution in [-0.4, -0.2) is 54.6 Å². The topological polar surface area (TPSA) is 98.5 Å². The van der Waals surface area contributed by atoms with Crippen molar-refractivity contribution in [3.05, 3.63) is 22.0 Å². The molecule has 7 nitrogen and oxygen atoms in total. The van der Waals surface area contributed by atoms with Gasteiger partial charge in [-0.15, -0.1) is 11.8 Å². The first-order chi connectivity index (χ1) is 12.7. The van der Waals surface area contributed by atoms with Crippen LogP contribution in [0, 0.1) is 25.7 Å². The van der Waals surface area contributed by atoms with Gasteiger partial charge in [-0.1, -0.05) is 18.7 Å². The van der Waals surface area contributed by atoms with Crippen molar-refractivity contribution in [3.8, 4) is 0 Å². The van der Waals surface area contributed by atoms with Crippen molar-refractivity contribution in [2.45, 2.75) is 56.8 Å². The fraction of sp³-hybridized carbons (Fsp3) is 0.611. The Labute approximate surface area is 194 Å². The number of aliphatic carboxylic acids is 1. The van der Waals surface area contributed by atoms with Crippen LogP contribution in [0.4, 0.5) is 0 Å². The molecule has 4 heterocycles. The number of β-lactam (4-membered cyclic amide) rings is 1. The molecule has 146 valence electrons. The molecule has 1 saturated heterocycles. The summed E-state index contributed by atoms with van der Waals surface area (Å²) in [5.41, 5.74) is 2.14. The molecule has 1 N–H and O–H groups in total. The minimum atomic E-state index is -1.32. The van der Waals surface area contributed by atoms with Gasteiger partial charge >= 0.3 is 29.6 Å². The average Bonchev–Trinajstić information content (AvgIpc) is 3.01. The van der Waals surface area contributed by atoms with Crippen molar-refractivity contribution in [1.29, 1.82) is 0 Å². The number of aryl methyl sites for hydroxylation is 1. The van der Waals surface area contributed by atoms with Crippen molar-refractivity contribution in [3.63, 3.8) is 0 Å². The van der Waals surface area contributed by atoms with E-state index in [1.54, 1.807) is 18.7 Å². The zero-order valence-corrected chi connectivity index (χ0v) is 20.3. The summed E-state index contributed by atoms with van der Waals surface area (Å²) in [4.78, 5) is 30.8. The van der Waals surface area contributed by atoms with Crippen LogP contribution < -0.4 is 34.7 Å². The molecule has 0 aromatic carbocycles. The van der Waals surface area contributed by atoms with Crippen molar-refractivity contribution in [2.24, 2.45) is 11.8 Å². The van der Waals surface area contributed by atoms with E-state index in [1.807, 2.05) is 20.8 Å². The van der Waals surface area contributed by atoms with Gasteiger partial charge < -0.3 is 24.5 Å². The van der Waals surface area contributed by atoms with Gasteiger partial charge in [0.05, 0.1) is 35.4 Å². The molecule has 0 radical (unpaired) electrons. The molecule has 3 aliphatic rings. The second-order valence-electron chi connectivity index (χ2n) is 7.48. The van der Waals surface area contributed by atoms with Crippen LogP contribution in [0.15, 0.2) is 15.8 Å². The zero-order valence-electron chi connectivity index (χ0n) is 16.6. The molecule has 4 rings (SSSR count). The third kappa shape index (κ3) is 3.28. The van der Waals surface area contributed by atoms with E-state index in [-0.39, 0.29) is 58.4 Å². The Kier molecular flexibility index (Phi) is 6.35. The number of aromatic nitrogens is 2. The number of rotatable bonds is 4. The number of carbonyl (C=O) groups excluding carboxylic acids is 2. The largest absolute Gasteiger partial charge is 1.00 e. The molecule has 28 heavy (non-hydrogen) atoms. The average molecular weight is 432 g/mol. The number of nitrogens with zero attached hydrogens (tertiary/aromatic N) is 3. The fourth-order valence-corrected chi connectivity index (χ4v) is 7.01. The Bertz CT molecular complexity index is 869. The number of aliphatic hydroxyl groups is 1. The number of hydrogen-bond acceptors (Lipinski definition) is 7. The molecule has 0 aliphatic carbocycles. The summed E-state index contributed by atoms with van der Waals surface area (Å²) in [5.74, 6) is -1.48. The van der Waals surface area contributed by atoms with E-state index in [4.69, 9.17) is 0 Å². The Morgan fingerprint density at radius 1 is 1.43 bits per heavy atom. The summed E-state index contributed by atoms with van der Waals surface area (Å²) >= 11 is 3.21. The standard InChI is InChI=1S/C18H23N3O4S2.Na/c1-7-13-12(10(4)22)16(23)21(13)14(17(24)25)15(7)27-11-5-20-9(3)8(2)19-18(20)26-6-11;/h7,10-13,22H,5-6H2,1-4H3,(H,24,25);/q;+1/p-1/t7-,10-,11?,12-,13-;/m1./s1. The second kappa shape index (κ2) is 8.00. The second-order valence-corrected chi connectivity index (χ2v) is 9.81. The van der Waals surface area contributed by atoms with Crippen molar-refractivity contribution in [1.82, 2.24) is 14.5 Å². The van der Waals surface area contributed by atoms with Gasteiger partial charge in [0.15, 0.2) is 5.16 Å². The molecule has 5 atom stereocenters. The monoisotopic (exact) mass is 431 g/mol. The molecule has 1 aromatic rings. The number of carboxylic acids is 1. The summed E-state index contributed by atoms with van der Waals surface area (Å²) < 4.78 is 2.18. The molecular weight excluding hydrogens is 409 g/mol. The van der Waals surface area contributed by atoms with Crippen LogP contribution in [0.25, 0.3) is 0 Å². The van der Waals surface area contributed by atoms with Gasteiger partial charge in [0.1, 0.15) is 0 Å². The van der Waals surface area contributed by atoms with Gasteiger partial charge in [-0.3, -0.25) is 4.79 Å². The van der Waals surface area contributed by atoms with E-state index in [0.29, 0.717) is 4.91 Å². The molecule has 10 heteroatoms. The number of aliphatic hydroxyl groups excluding tert-OH is 1. The first-order valence-electron chi connectivity index (χ1n) is 9.02. The number of imidazole rings is 1. The maximum Gasteiger partial charge on any atom is 1.00 e. The van der Waals surface area contributed by atoms with E-state index < -0.39 is 18.0 Å². The normalized spacial score (nSPS) is 29.8. The Balaban J connectivity index is 0.00000225. The van der Waals surface area contributed by atoms with Gasteiger partial charge in [0.2, 0.25) is 5.91 Å². The van der Waals surface area contributed by atoms with Crippen molar-refractivity contribution < 1.29 is 49.4 Å². The van der Waals surface area contributed by atoms with Gasteiger partial charge in [0.25, 0.3) is 0 Å². The van der Waals surface area contributed by atoms with E-state index in [2.05, 4.69) is 9.55 Å². The first-order valence-corrected chi connectivity index (χ1v) is 10.9. The predicted octanol–water partition coefficient (Wildman–Crippen LogP) is -2.47. The number of amides is 1. The Morgan fingerprint density at radius 3 is 2.71 bits per heavy atom. The maximum atomic E-state index is 12.4. The number of fused-ring (bicyclic) bond motifs is 2. The first kappa shape index (κ1) is 22.2. The molecular formula is C18H22N3NaO4S2. The molecule has 0 saturated carbocycles. The van der Waals surface area contributed by atoms with Crippen LogP contribution >= 0.6 is 23.5 Å². The van der Waals surface area contributed by atoms with Gasteiger partial charge in [0, 0.05) is 34.1 Å². The summed E-state index contributed by atoms with van der Waals surface area (Å²) in [6.45, 7) is 8.31.